The summed E-state index contributed by atoms with van der Waals surface area (Å²) in [7, 11) is 0. The maximum Gasteiger partial charge on any atom is 0.115 e. The monoisotopic (exact) mass is 240 g/mol. The van der Waals surface area contributed by atoms with Crippen LogP contribution >= 0.6 is 0 Å². The van der Waals surface area contributed by atoms with Crippen LogP contribution in [0.5, 0.6) is 0 Å². The van der Waals surface area contributed by atoms with Crippen molar-refractivity contribution in [3.63, 3.8) is 0 Å². The molecule has 1 aromatic heterocycles. The molecule has 1 unspecified atom stereocenters. The van der Waals surface area contributed by atoms with Crippen LogP contribution in [0.4, 0.5) is 0 Å². The predicted octanol–water partition coefficient (Wildman–Crippen LogP) is 1.52. The number of hydrazine groups is 1. The van der Waals surface area contributed by atoms with Gasteiger partial charge < -0.3 is 0 Å². The van der Waals surface area contributed by atoms with Crippen LogP contribution in [0.25, 0.3) is 0 Å². The molecule has 1 aliphatic carbocycles. The number of fused-ring (bicyclic) bond motifs is 1. The molecule has 0 saturated heterocycles. The topological polar surface area (TPSA) is 63.8 Å². The molecule has 92 valence electrons. The van der Waals surface area contributed by atoms with Crippen LogP contribution in [0.2, 0.25) is 0 Å². The summed E-state index contributed by atoms with van der Waals surface area (Å²) in [6.07, 6.45) is 8.75. The molecule has 1 aromatic carbocycles. The number of aryl methyl sites for hydroxylation is 2. The van der Waals surface area contributed by atoms with Gasteiger partial charge in [0.1, 0.15) is 6.33 Å². The van der Waals surface area contributed by atoms with Gasteiger partial charge in [0.05, 0.1) is 6.04 Å². The summed E-state index contributed by atoms with van der Waals surface area (Å²) in [4.78, 5) is 8.09. The lowest BCUT2D eigenvalue weighted by Crippen LogP contribution is -2.29. The lowest BCUT2D eigenvalue weighted by Gasteiger charge is -2.17. The second-order valence-electron chi connectivity index (χ2n) is 4.65. The molecule has 0 spiro atoms. The molecule has 1 aliphatic rings. The molecule has 3 N–H and O–H groups in total. The van der Waals surface area contributed by atoms with Crippen LogP contribution < -0.4 is 11.3 Å². The number of nitrogens with two attached hydrogens (primary N) is 1. The quantitative estimate of drug-likeness (QED) is 0.630. The van der Waals surface area contributed by atoms with Gasteiger partial charge in [-0.15, -0.1) is 0 Å². The highest BCUT2D eigenvalue weighted by atomic mass is 15.2. The van der Waals surface area contributed by atoms with E-state index in [1.807, 2.05) is 0 Å². The highest BCUT2D eigenvalue weighted by Gasteiger charge is 2.16. The Kier molecular flexibility index (Phi) is 3.04. The van der Waals surface area contributed by atoms with Crippen molar-refractivity contribution in [1.82, 2.24) is 15.4 Å². The van der Waals surface area contributed by atoms with Gasteiger partial charge in [-0.2, -0.15) is 0 Å². The van der Waals surface area contributed by atoms with Gasteiger partial charge in [-0.05, 0) is 36.0 Å². The summed E-state index contributed by atoms with van der Waals surface area (Å²) in [6, 6.07) is 6.56. The molecule has 4 nitrogen and oxygen atoms in total. The molecule has 0 fully saturated rings. The van der Waals surface area contributed by atoms with Gasteiger partial charge in [-0.3, -0.25) is 5.84 Å². The largest absolute Gasteiger partial charge is 0.271 e. The Balaban J connectivity index is 1.97. The molecular formula is C14H16N4. The van der Waals surface area contributed by atoms with Crippen LogP contribution in [-0.4, -0.2) is 9.97 Å². The zero-order chi connectivity index (χ0) is 12.4. The first-order valence-corrected chi connectivity index (χ1v) is 6.21. The number of nitrogens with one attached hydrogen (secondary N) is 1. The van der Waals surface area contributed by atoms with Crippen molar-refractivity contribution in [3.8, 4) is 0 Å². The second kappa shape index (κ2) is 4.84. The van der Waals surface area contributed by atoms with E-state index in [1.54, 1.807) is 12.4 Å². The Labute approximate surface area is 106 Å². The lowest BCUT2D eigenvalue weighted by atomic mass is 9.98. The average molecular weight is 240 g/mol. The summed E-state index contributed by atoms with van der Waals surface area (Å²) < 4.78 is 0. The molecule has 1 heterocycles. The van der Waals surface area contributed by atoms with Gasteiger partial charge in [0.15, 0.2) is 0 Å². The third kappa shape index (κ3) is 2.00. The van der Waals surface area contributed by atoms with Gasteiger partial charge in [0, 0.05) is 18.0 Å². The number of benzene rings is 1. The van der Waals surface area contributed by atoms with Crippen molar-refractivity contribution >= 4 is 0 Å². The van der Waals surface area contributed by atoms with E-state index in [0.717, 1.165) is 5.56 Å². The summed E-state index contributed by atoms with van der Waals surface area (Å²) in [5.74, 6) is 5.68. The number of hydrogen-bond donors (Lipinski definition) is 2. The molecule has 0 radical (unpaired) electrons. The third-order valence-corrected chi connectivity index (χ3v) is 3.54. The fraction of sp³-hybridized carbons (Fsp3) is 0.286. The fourth-order valence-corrected chi connectivity index (χ4v) is 2.62. The molecule has 0 saturated carbocycles. The normalized spacial score (nSPS) is 15.4. The van der Waals surface area contributed by atoms with Gasteiger partial charge >= 0.3 is 0 Å². The van der Waals surface area contributed by atoms with E-state index in [2.05, 4.69) is 33.6 Å². The zero-order valence-electron chi connectivity index (χ0n) is 10.1. The van der Waals surface area contributed by atoms with E-state index >= 15 is 0 Å². The SMILES string of the molecule is NNC(c1cncnc1)c1ccc2c(c1)CCC2. The van der Waals surface area contributed by atoms with Crippen LogP contribution in [0.3, 0.4) is 0 Å². The number of hydrogen-bond acceptors (Lipinski definition) is 4. The zero-order valence-corrected chi connectivity index (χ0v) is 10.1. The first kappa shape index (κ1) is 11.3. The fourth-order valence-electron chi connectivity index (χ4n) is 2.62. The first-order chi connectivity index (χ1) is 8.88. The lowest BCUT2D eigenvalue weighted by molar-refractivity contribution is 0.631. The van der Waals surface area contributed by atoms with Crippen LogP contribution in [0.15, 0.2) is 36.9 Å². The molecule has 0 bridgehead atoms. The van der Waals surface area contributed by atoms with E-state index in [9.17, 15) is 0 Å². The average Bonchev–Trinajstić information content (AvgIpc) is 2.88. The maximum atomic E-state index is 5.68. The third-order valence-electron chi connectivity index (χ3n) is 3.54. The van der Waals surface area contributed by atoms with E-state index < -0.39 is 0 Å². The smallest absolute Gasteiger partial charge is 0.115 e. The minimum Gasteiger partial charge on any atom is -0.271 e. The predicted molar refractivity (Wildman–Crippen MR) is 69.7 cm³/mol. The van der Waals surface area contributed by atoms with Crippen LogP contribution in [0.1, 0.15) is 34.7 Å². The van der Waals surface area contributed by atoms with Crippen molar-refractivity contribution in [2.75, 3.05) is 0 Å². The molecule has 18 heavy (non-hydrogen) atoms. The van der Waals surface area contributed by atoms with Crippen molar-refractivity contribution in [2.24, 2.45) is 5.84 Å². The van der Waals surface area contributed by atoms with Crippen molar-refractivity contribution in [3.05, 3.63) is 59.2 Å². The number of aromatic nitrogens is 2. The van der Waals surface area contributed by atoms with Crippen LogP contribution in [-0.2, 0) is 12.8 Å². The highest BCUT2D eigenvalue weighted by molar-refractivity contribution is 5.39. The standard InChI is InChI=1S/C14H16N4/c15-18-14(13-7-16-9-17-8-13)12-5-4-10-2-1-3-11(10)6-12/h4-9,14,18H,1-3,15H2. The van der Waals surface area contributed by atoms with Gasteiger partial charge in [0.25, 0.3) is 0 Å². The molecule has 0 amide bonds. The Morgan fingerprint density at radius 2 is 1.83 bits per heavy atom. The Bertz CT molecular complexity index is 539. The molecule has 1 atom stereocenters. The van der Waals surface area contributed by atoms with E-state index in [0.29, 0.717) is 0 Å². The summed E-state index contributed by atoms with van der Waals surface area (Å²) in [5, 5.41) is 0. The first-order valence-electron chi connectivity index (χ1n) is 6.21. The van der Waals surface area contributed by atoms with Gasteiger partial charge in [-0.25, -0.2) is 15.4 Å². The van der Waals surface area contributed by atoms with Crippen molar-refractivity contribution < 1.29 is 0 Å². The van der Waals surface area contributed by atoms with E-state index in [-0.39, 0.29) is 6.04 Å². The minimum atomic E-state index is -0.0444. The van der Waals surface area contributed by atoms with Gasteiger partial charge in [-0.1, -0.05) is 18.2 Å². The van der Waals surface area contributed by atoms with Crippen molar-refractivity contribution in [2.45, 2.75) is 25.3 Å². The molecule has 0 aliphatic heterocycles. The van der Waals surface area contributed by atoms with Gasteiger partial charge in [0.2, 0.25) is 0 Å². The summed E-state index contributed by atoms with van der Waals surface area (Å²) >= 11 is 0. The van der Waals surface area contributed by atoms with Crippen LogP contribution in [0, 0.1) is 0 Å². The summed E-state index contributed by atoms with van der Waals surface area (Å²) in [6.45, 7) is 0. The Morgan fingerprint density at radius 3 is 2.61 bits per heavy atom. The molecule has 3 rings (SSSR count). The minimum absolute atomic E-state index is 0.0444. The molecule has 2 aromatic rings. The second-order valence-corrected chi connectivity index (χ2v) is 4.65. The molecular weight excluding hydrogens is 224 g/mol. The van der Waals surface area contributed by atoms with E-state index in [1.165, 1.54) is 42.3 Å². The number of rotatable bonds is 3. The van der Waals surface area contributed by atoms with E-state index in [4.69, 9.17) is 5.84 Å². The number of nitrogens with zero attached hydrogens (tertiary/aromatic N) is 2. The highest BCUT2D eigenvalue weighted by Crippen LogP contribution is 2.27. The maximum absolute atomic E-state index is 5.68. The Morgan fingerprint density at radius 1 is 1.06 bits per heavy atom. The molecule has 4 heteroatoms. The van der Waals surface area contributed by atoms with Crippen molar-refractivity contribution in [1.29, 1.82) is 0 Å². The summed E-state index contributed by atoms with van der Waals surface area (Å²) in [5.41, 5.74) is 7.92. The Hall–Kier alpha value is -1.78.